The Hall–Kier alpha value is -3.92. The zero-order chi connectivity index (χ0) is 33.8. The van der Waals surface area contributed by atoms with E-state index in [9.17, 15) is 22.8 Å². The smallest absolute Gasteiger partial charge is 0.391 e. The largest absolute Gasteiger partial charge is 0.461 e. The van der Waals surface area contributed by atoms with Crippen molar-refractivity contribution in [2.75, 3.05) is 18.0 Å². The molecule has 10 heteroatoms. The number of carbonyl (C=O) groups excluding carboxylic acids is 2. The lowest BCUT2D eigenvalue weighted by atomic mass is 9.90. The Morgan fingerprint density at radius 2 is 1.57 bits per heavy atom. The van der Waals surface area contributed by atoms with Gasteiger partial charge in [-0.1, -0.05) is 42.5 Å². The van der Waals surface area contributed by atoms with Crippen LogP contribution < -0.4 is 10.2 Å². The number of amides is 1. The molecule has 2 aromatic carbocycles. The molecule has 1 aromatic heterocycles. The zero-order valence-electron chi connectivity index (χ0n) is 27.6. The summed E-state index contributed by atoms with van der Waals surface area (Å²) in [4.78, 5) is 33.3. The van der Waals surface area contributed by atoms with Crippen LogP contribution in [0.15, 0.2) is 54.6 Å². The van der Waals surface area contributed by atoms with Crippen molar-refractivity contribution in [3.8, 4) is 11.1 Å². The standard InChI is InChI=1S/C36H44F3N3O4/c1-22(2)45-34(44)32(46-35(5,6)7)30-24(4)41-23(3)29(31(30)42-19-17-28(18-20-42)36(37,38)39)26-13-15-27(16-14-26)33(43)40-21-25-11-9-8-10-12-25/h8-16,22,28,32H,17-21H2,1-7H3,(H,40,43)/t32-/m0/s1. The predicted molar refractivity (Wildman–Crippen MR) is 173 cm³/mol. The number of anilines is 1. The van der Waals surface area contributed by atoms with E-state index in [2.05, 4.69) is 5.32 Å². The molecule has 1 aliphatic heterocycles. The number of aromatic nitrogens is 1. The molecular formula is C36H44F3N3O4. The number of nitrogens with one attached hydrogen (secondary N) is 1. The number of carbonyl (C=O) groups is 2. The van der Waals surface area contributed by atoms with Gasteiger partial charge in [0, 0.05) is 47.7 Å². The molecular weight excluding hydrogens is 595 g/mol. The summed E-state index contributed by atoms with van der Waals surface area (Å²) in [5.74, 6) is -2.23. The van der Waals surface area contributed by atoms with Crippen molar-refractivity contribution in [2.24, 2.45) is 5.92 Å². The van der Waals surface area contributed by atoms with Crippen molar-refractivity contribution in [2.45, 2.75) is 91.8 Å². The van der Waals surface area contributed by atoms with Crippen LogP contribution in [-0.4, -0.2) is 47.8 Å². The number of nitrogens with zero attached hydrogens (tertiary/aromatic N) is 2. The van der Waals surface area contributed by atoms with Gasteiger partial charge in [0.1, 0.15) is 0 Å². The topological polar surface area (TPSA) is 80.8 Å². The second-order valence-electron chi connectivity index (χ2n) is 13.1. The Balaban J connectivity index is 1.80. The Labute approximate surface area is 269 Å². The molecule has 46 heavy (non-hydrogen) atoms. The van der Waals surface area contributed by atoms with Crippen molar-refractivity contribution < 1.29 is 32.2 Å². The molecule has 0 saturated carbocycles. The first-order chi connectivity index (χ1) is 21.5. The molecule has 1 fully saturated rings. The SMILES string of the molecule is Cc1nc(C)c([C@H](OC(C)(C)C)C(=O)OC(C)C)c(N2CCC(C(F)(F)F)CC2)c1-c1ccc(C(=O)NCc2ccccc2)cc1. The lowest BCUT2D eigenvalue weighted by Gasteiger charge is -2.39. The van der Waals surface area contributed by atoms with E-state index in [1.807, 2.05) is 62.9 Å². The summed E-state index contributed by atoms with van der Waals surface area (Å²) in [7, 11) is 0. The number of ether oxygens (including phenoxy) is 2. The highest BCUT2D eigenvalue weighted by atomic mass is 19.4. The fraction of sp³-hybridized carbons (Fsp3) is 0.472. The molecule has 7 nitrogen and oxygen atoms in total. The number of aryl methyl sites for hydroxylation is 2. The van der Waals surface area contributed by atoms with Crippen molar-refractivity contribution >= 4 is 17.6 Å². The number of benzene rings is 2. The number of esters is 1. The Morgan fingerprint density at radius 1 is 0.957 bits per heavy atom. The molecule has 1 N–H and O–H groups in total. The summed E-state index contributed by atoms with van der Waals surface area (Å²) in [6, 6.07) is 16.6. The van der Waals surface area contributed by atoms with Gasteiger partial charge in [0.05, 0.1) is 23.3 Å². The van der Waals surface area contributed by atoms with Gasteiger partial charge in [0.15, 0.2) is 6.10 Å². The Morgan fingerprint density at radius 3 is 2.11 bits per heavy atom. The minimum Gasteiger partial charge on any atom is -0.461 e. The molecule has 0 spiro atoms. The highest BCUT2D eigenvalue weighted by molar-refractivity contribution is 5.95. The van der Waals surface area contributed by atoms with E-state index in [-0.39, 0.29) is 31.8 Å². The maximum absolute atomic E-state index is 13.7. The van der Waals surface area contributed by atoms with E-state index in [1.165, 1.54) is 0 Å². The summed E-state index contributed by atoms with van der Waals surface area (Å²) in [5.41, 5.74) is 4.30. The first-order valence-electron chi connectivity index (χ1n) is 15.7. The van der Waals surface area contributed by atoms with Gasteiger partial charge < -0.3 is 19.7 Å². The lowest BCUT2D eigenvalue weighted by molar-refractivity contribution is -0.179. The molecule has 1 saturated heterocycles. The van der Waals surface area contributed by atoms with E-state index in [0.717, 1.165) is 5.56 Å². The van der Waals surface area contributed by atoms with Gasteiger partial charge in [-0.3, -0.25) is 9.78 Å². The van der Waals surface area contributed by atoms with E-state index >= 15 is 0 Å². The third-order valence-corrected chi connectivity index (χ3v) is 7.88. The van der Waals surface area contributed by atoms with Gasteiger partial charge in [0.2, 0.25) is 0 Å². The minimum atomic E-state index is -4.28. The molecule has 0 aliphatic carbocycles. The number of piperidine rings is 1. The van der Waals surface area contributed by atoms with E-state index in [0.29, 0.717) is 45.9 Å². The summed E-state index contributed by atoms with van der Waals surface area (Å²) in [6.45, 7) is 13.2. The summed E-state index contributed by atoms with van der Waals surface area (Å²) in [5, 5.41) is 2.93. The van der Waals surface area contributed by atoms with Gasteiger partial charge in [-0.25, -0.2) is 4.79 Å². The average Bonchev–Trinajstić information content (AvgIpc) is 2.98. The maximum atomic E-state index is 13.7. The van der Waals surface area contributed by atoms with Crippen LogP contribution in [0.25, 0.3) is 11.1 Å². The van der Waals surface area contributed by atoms with Gasteiger partial charge >= 0.3 is 12.1 Å². The van der Waals surface area contributed by atoms with Gasteiger partial charge in [0.25, 0.3) is 5.91 Å². The molecule has 0 unspecified atom stereocenters. The molecule has 1 aliphatic rings. The third kappa shape index (κ3) is 8.66. The van der Waals surface area contributed by atoms with Crippen LogP contribution in [0.1, 0.15) is 86.4 Å². The van der Waals surface area contributed by atoms with Crippen molar-refractivity contribution in [1.29, 1.82) is 0 Å². The van der Waals surface area contributed by atoms with Crippen LogP contribution in [0, 0.1) is 19.8 Å². The summed E-state index contributed by atoms with van der Waals surface area (Å²) in [6.07, 6.45) is -6.02. The van der Waals surface area contributed by atoms with E-state index < -0.39 is 35.9 Å². The van der Waals surface area contributed by atoms with Crippen LogP contribution in [-0.2, 0) is 20.8 Å². The fourth-order valence-corrected chi connectivity index (χ4v) is 5.80. The van der Waals surface area contributed by atoms with Gasteiger partial charge in [-0.15, -0.1) is 0 Å². The monoisotopic (exact) mass is 639 g/mol. The number of hydrogen-bond acceptors (Lipinski definition) is 6. The van der Waals surface area contributed by atoms with Gasteiger partial charge in [-0.2, -0.15) is 13.2 Å². The molecule has 0 radical (unpaired) electrons. The van der Waals surface area contributed by atoms with Crippen LogP contribution in [0.4, 0.5) is 18.9 Å². The highest BCUT2D eigenvalue weighted by Gasteiger charge is 2.43. The predicted octanol–water partition coefficient (Wildman–Crippen LogP) is 7.88. The quantitative estimate of drug-likeness (QED) is 0.240. The maximum Gasteiger partial charge on any atom is 0.391 e. The van der Waals surface area contributed by atoms with Crippen molar-refractivity contribution in [1.82, 2.24) is 10.3 Å². The molecule has 0 bridgehead atoms. The van der Waals surface area contributed by atoms with Gasteiger partial charge in [-0.05, 0) is 84.6 Å². The number of alkyl halides is 3. The molecule has 1 amide bonds. The lowest BCUT2D eigenvalue weighted by Crippen LogP contribution is -2.40. The van der Waals surface area contributed by atoms with E-state index in [1.54, 1.807) is 45.0 Å². The number of pyridine rings is 1. The zero-order valence-corrected chi connectivity index (χ0v) is 27.6. The number of halogens is 3. The van der Waals surface area contributed by atoms with E-state index in [4.69, 9.17) is 14.5 Å². The average molecular weight is 640 g/mol. The second kappa shape index (κ2) is 14.2. The van der Waals surface area contributed by atoms with Crippen molar-refractivity contribution in [3.63, 3.8) is 0 Å². The van der Waals surface area contributed by atoms with Crippen LogP contribution >= 0.6 is 0 Å². The second-order valence-corrected chi connectivity index (χ2v) is 13.1. The molecule has 3 aromatic rings. The summed E-state index contributed by atoms with van der Waals surface area (Å²) >= 11 is 0. The first kappa shape index (κ1) is 34.9. The number of hydrogen-bond donors (Lipinski definition) is 1. The van der Waals surface area contributed by atoms with Crippen LogP contribution in [0.2, 0.25) is 0 Å². The first-order valence-corrected chi connectivity index (χ1v) is 15.7. The number of rotatable bonds is 9. The Bertz CT molecular complexity index is 1510. The third-order valence-electron chi connectivity index (χ3n) is 7.88. The molecule has 1 atom stereocenters. The minimum absolute atomic E-state index is 0.0788. The van der Waals surface area contributed by atoms with Crippen molar-refractivity contribution in [3.05, 3.63) is 82.7 Å². The van der Waals surface area contributed by atoms with Crippen LogP contribution in [0.3, 0.4) is 0 Å². The highest BCUT2D eigenvalue weighted by Crippen LogP contribution is 2.45. The molecule has 4 rings (SSSR count). The summed E-state index contributed by atoms with van der Waals surface area (Å²) < 4.78 is 53.0. The molecule has 248 valence electrons. The normalized spacial score (nSPS) is 15.2. The molecule has 2 heterocycles. The Kier molecular flexibility index (Phi) is 10.8. The van der Waals surface area contributed by atoms with Crippen LogP contribution in [0.5, 0.6) is 0 Å². The fourth-order valence-electron chi connectivity index (χ4n) is 5.80.